The fourth-order valence-electron chi connectivity index (χ4n) is 3.40. The zero-order valence-corrected chi connectivity index (χ0v) is 15.3. The largest absolute Gasteiger partial charge is 0.416 e. The lowest BCUT2D eigenvalue weighted by atomic mass is 10.0. The molecule has 4 rings (SSSR count). The van der Waals surface area contributed by atoms with Gasteiger partial charge in [0.15, 0.2) is 0 Å². The molecule has 0 fully saturated rings. The van der Waals surface area contributed by atoms with Crippen molar-refractivity contribution in [2.24, 2.45) is 0 Å². The minimum absolute atomic E-state index is 0.616. The first-order valence-corrected chi connectivity index (χ1v) is 9.02. The van der Waals surface area contributed by atoms with E-state index in [1.54, 1.807) is 4.68 Å². The first-order valence-electron chi connectivity index (χ1n) is 9.02. The number of halogens is 3. The molecule has 10 heteroatoms. The molecule has 3 aromatic rings. The summed E-state index contributed by atoms with van der Waals surface area (Å²) in [6, 6.07) is 5.04. The molecule has 148 valence electrons. The Bertz CT molecular complexity index is 947. The quantitative estimate of drug-likeness (QED) is 0.664. The molecule has 0 amide bonds. The van der Waals surface area contributed by atoms with Crippen LogP contribution in [0, 0.1) is 6.92 Å². The fraction of sp³-hybridized carbons (Fsp3) is 0.444. The van der Waals surface area contributed by atoms with Gasteiger partial charge < -0.3 is 4.52 Å². The third kappa shape index (κ3) is 3.77. The summed E-state index contributed by atoms with van der Waals surface area (Å²) in [5.41, 5.74) is 1.52. The standard InChI is InChI=1S/C18H19F3N6O/c1-12-22-24-25-27(12)9-2-8-26-10-7-16-15(11-26)17(23-28-16)13-3-5-14(6-4-13)18(19,20)21/h3-6H,2,7-11H2,1H3. The van der Waals surface area contributed by atoms with Crippen LogP contribution in [0.25, 0.3) is 11.3 Å². The van der Waals surface area contributed by atoms with E-state index in [0.29, 0.717) is 17.8 Å². The van der Waals surface area contributed by atoms with Crippen LogP contribution in [-0.4, -0.2) is 43.4 Å². The molecular formula is C18H19F3N6O. The molecule has 0 spiro atoms. The molecule has 1 aromatic carbocycles. The monoisotopic (exact) mass is 392 g/mol. The summed E-state index contributed by atoms with van der Waals surface area (Å²) in [6.07, 6.45) is -2.73. The number of hydrogen-bond acceptors (Lipinski definition) is 6. The second-order valence-corrected chi connectivity index (χ2v) is 6.84. The predicted octanol–water partition coefficient (Wildman–Crippen LogP) is 3.10. The van der Waals surface area contributed by atoms with Crippen LogP contribution in [0.4, 0.5) is 13.2 Å². The molecule has 0 saturated carbocycles. The Morgan fingerprint density at radius 2 is 1.93 bits per heavy atom. The Labute approximate surface area is 159 Å². The predicted molar refractivity (Wildman–Crippen MR) is 93.1 cm³/mol. The number of aryl methyl sites for hydroxylation is 2. The van der Waals surface area contributed by atoms with Crippen LogP contribution >= 0.6 is 0 Å². The molecule has 2 aromatic heterocycles. The molecule has 0 atom stereocenters. The van der Waals surface area contributed by atoms with Gasteiger partial charge in [0.25, 0.3) is 0 Å². The number of alkyl halides is 3. The van der Waals surface area contributed by atoms with E-state index in [2.05, 4.69) is 25.6 Å². The highest BCUT2D eigenvalue weighted by molar-refractivity contribution is 5.64. The highest BCUT2D eigenvalue weighted by Gasteiger charge is 2.30. The molecule has 7 nitrogen and oxygen atoms in total. The second kappa shape index (κ2) is 7.34. The van der Waals surface area contributed by atoms with Crippen LogP contribution in [-0.2, 0) is 25.7 Å². The Morgan fingerprint density at radius 1 is 1.14 bits per heavy atom. The molecule has 28 heavy (non-hydrogen) atoms. The second-order valence-electron chi connectivity index (χ2n) is 6.84. The van der Waals surface area contributed by atoms with Crippen LogP contribution in [0.3, 0.4) is 0 Å². The summed E-state index contributed by atoms with van der Waals surface area (Å²) >= 11 is 0. The molecule has 0 unspecified atom stereocenters. The first-order chi connectivity index (χ1) is 13.4. The van der Waals surface area contributed by atoms with Crippen molar-refractivity contribution in [1.82, 2.24) is 30.3 Å². The normalized spacial score (nSPS) is 15.0. The van der Waals surface area contributed by atoms with Gasteiger partial charge in [-0.1, -0.05) is 17.3 Å². The van der Waals surface area contributed by atoms with E-state index < -0.39 is 11.7 Å². The topological polar surface area (TPSA) is 72.9 Å². The van der Waals surface area contributed by atoms with Crippen LogP contribution < -0.4 is 0 Å². The van der Waals surface area contributed by atoms with Crippen molar-refractivity contribution in [3.05, 3.63) is 47.0 Å². The van der Waals surface area contributed by atoms with Crippen LogP contribution in [0.2, 0.25) is 0 Å². The van der Waals surface area contributed by atoms with Gasteiger partial charge in [0, 0.05) is 43.7 Å². The van der Waals surface area contributed by atoms with Gasteiger partial charge >= 0.3 is 6.18 Å². The molecule has 0 bridgehead atoms. The van der Waals surface area contributed by atoms with Crippen molar-refractivity contribution >= 4 is 0 Å². The smallest absolute Gasteiger partial charge is 0.360 e. The molecule has 0 radical (unpaired) electrons. The van der Waals surface area contributed by atoms with E-state index in [1.165, 1.54) is 12.1 Å². The summed E-state index contributed by atoms with van der Waals surface area (Å²) in [5, 5.41) is 15.6. The third-order valence-electron chi connectivity index (χ3n) is 4.95. The highest BCUT2D eigenvalue weighted by Crippen LogP contribution is 2.33. The molecule has 0 N–H and O–H groups in total. The van der Waals surface area contributed by atoms with Crippen molar-refractivity contribution in [2.75, 3.05) is 13.1 Å². The maximum absolute atomic E-state index is 12.8. The van der Waals surface area contributed by atoms with Crippen LogP contribution in [0.5, 0.6) is 0 Å². The average molecular weight is 392 g/mol. The van der Waals surface area contributed by atoms with Gasteiger partial charge in [-0.3, -0.25) is 4.90 Å². The number of nitrogens with zero attached hydrogens (tertiary/aromatic N) is 6. The van der Waals surface area contributed by atoms with Crippen molar-refractivity contribution in [3.63, 3.8) is 0 Å². The summed E-state index contributed by atoms with van der Waals surface area (Å²) in [7, 11) is 0. The van der Waals surface area contributed by atoms with Gasteiger partial charge in [-0.25, -0.2) is 4.68 Å². The zero-order chi connectivity index (χ0) is 19.7. The Kier molecular flexibility index (Phi) is 4.88. The molecule has 1 aliphatic rings. The lowest BCUT2D eigenvalue weighted by Crippen LogP contribution is -2.31. The van der Waals surface area contributed by atoms with Crippen molar-refractivity contribution in [1.29, 1.82) is 0 Å². The Balaban J connectivity index is 1.44. The number of tetrazole rings is 1. The number of hydrogen-bond donors (Lipinski definition) is 0. The van der Waals surface area contributed by atoms with Crippen molar-refractivity contribution < 1.29 is 17.7 Å². The molecule has 3 heterocycles. The summed E-state index contributed by atoms with van der Waals surface area (Å²) in [6.45, 7) is 4.96. The lowest BCUT2D eigenvalue weighted by Gasteiger charge is -2.26. The van der Waals surface area contributed by atoms with E-state index in [4.69, 9.17) is 4.52 Å². The van der Waals surface area contributed by atoms with E-state index in [9.17, 15) is 13.2 Å². The van der Waals surface area contributed by atoms with Gasteiger partial charge in [-0.2, -0.15) is 13.2 Å². The van der Waals surface area contributed by atoms with Crippen LogP contribution in [0.15, 0.2) is 28.8 Å². The molecule has 1 aliphatic heterocycles. The third-order valence-corrected chi connectivity index (χ3v) is 4.95. The van der Waals surface area contributed by atoms with E-state index in [1.807, 2.05) is 6.92 Å². The molecule has 0 saturated heterocycles. The summed E-state index contributed by atoms with van der Waals surface area (Å²) < 4.78 is 45.5. The lowest BCUT2D eigenvalue weighted by molar-refractivity contribution is -0.137. The fourth-order valence-corrected chi connectivity index (χ4v) is 3.40. The number of rotatable bonds is 5. The zero-order valence-electron chi connectivity index (χ0n) is 15.3. The maximum Gasteiger partial charge on any atom is 0.416 e. The van der Waals surface area contributed by atoms with Crippen molar-refractivity contribution in [2.45, 2.75) is 39.0 Å². The molecular weight excluding hydrogens is 373 g/mol. The highest BCUT2D eigenvalue weighted by atomic mass is 19.4. The minimum Gasteiger partial charge on any atom is -0.360 e. The number of benzene rings is 1. The number of fused-ring (bicyclic) bond motifs is 1. The maximum atomic E-state index is 12.8. The Morgan fingerprint density at radius 3 is 2.61 bits per heavy atom. The SMILES string of the molecule is Cc1nnnn1CCCN1CCc2onc(-c3ccc(C(F)(F)F)cc3)c2C1. The van der Waals surface area contributed by atoms with Crippen LogP contribution in [0.1, 0.15) is 29.1 Å². The minimum atomic E-state index is -4.35. The van der Waals surface area contributed by atoms with Gasteiger partial charge in [-0.15, -0.1) is 5.10 Å². The summed E-state index contributed by atoms with van der Waals surface area (Å²) in [5.74, 6) is 1.59. The van der Waals surface area contributed by atoms with Gasteiger partial charge in [0.05, 0.1) is 5.56 Å². The van der Waals surface area contributed by atoms with E-state index in [0.717, 1.165) is 61.8 Å². The van der Waals surface area contributed by atoms with E-state index in [-0.39, 0.29) is 0 Å². The molecule has 0 aliphatic carbocycles. The number of aromatic nitrogens is 5. The summed E-state index contributed by atoms with van der Waals surface area (Å²) in [4.78, 5) is 2.28. The first kappa shape index (κ1) is 18.6. The average Bonchev–Trinajstić information content (AvgIpc) is 3.27. The van der Waals surface area contributed by atoms with E-state index >= 15 is 0 Å². The van der Waals surface area contributed by atoms with Crippen molar-refractivity contribution in [3.8, 4) is 11.3 Å². The van der Waals surface area contributed by atoms with Gasteiger partial charge in [0.1, 0.15) is 17.3 Å². The van der Waals surface area contributed by atoms with Gasteiger partial charge in [-0.05, 0) is 35.9 Å². The van der Waals surface area contributed by atoms with Gasteiger partial charge in [0.2, 0.25) is 0 Å². The Hall–Kier alpha value is -2.75.